The van der Waals surface area contributed by atoms with Crippen molar-refractivity contribution in [1.82, 2.24) is 5.32 Å². The molecule has 0 aliphatic rings. The summed E-state index contributed by atoms with van der Waals surface area (Å²) < 4.78 is 13.9. The fraction of sp³-hybridized carbons (Fsp3) is 0.294. The van der Waals surface area contributed by atoms with Crippen molar-refractivity contribution in [3.05, 3.63) is 63.9 Å². The van der Waals surface area contributed by atoms with E-state index in [1.54, 1.807) is 18.2 Å². The van der Waals surface area contributed by atoms with E-state index >= 15 is 0 Å². The standard InChI is InChI=1S/C17H19BrFNO/c1-3-16(15-10-13(18)6-9-17(15)21)20-11(2)12-4-7-14(19)8-5-12/h4-11,16,20-21H,3H2,1-2H3/t11-,16?/m0/s1. The maximum Gasteiger partial charge on any atom is 0.123 e. The van der Waals surface area contributed by atoms with Gasteiger partial charge >= 0.3 is 0 Å². The molecule has 2 aromatic rings. The average molecular weight is 352 g/mol. The average Bonchev–Trinajstić information content (AvgIpc) is 2.48. The molecule has 2 aromatic carbocycles. The predicted molar refractivity (Wildman–Crippen MR) is 86.8 cm³/mol. The van der Waals surface area contributed by atoms with Crippen molar-refractivity contribution >= 4 is 15.9 Å². The van der Waals surface area contributed by atoms with Crippen LogP contribution in [0.15, 0.2) is 46.9 Å². The van der Waals surface area contributed by atoms with Gasteiger partial charge in [0.1, 0.15) is 11.6 Å². The Morgan fingerprint density at radius 2 is 1.86 bits per heavy atom. The summed E-state index contributed by atoms with van der Waals surface area (Å²) in [6.07, 6.45) is 0.843. The van der Waals surface area contributed by atoms with Crippen molar-refractivity contribution in [2.24, 2.45) is 0 Å². The number of rotatable bonds is 5. The van der Waals surface area contributed by atoms with Gasteiger partial charge in [-0.05, 0) is 49.2 Å². The summed E-state index contributed by atoms with van der Waals surface area (Å²) >= 11 is 3.43. The highest BCUT2D eigenvalue weighted by atomic mass is 79.9. The van der Waals surface area contributed by atoms with Gasteiger partial charge in [-0.25, -0.2) is 4.39 Å². The van der Waals surface area contributed by atoms with Gasteiger partial charge in [-0.15, -0.1) is 0 Å². The van der Waals surface area contributed by atoms with E-state index in [1.807, 2.05) is 19.1 Å². The molecule has 2 rings (SSSR count). The molecule has 0 saturated heterocycles. The molecule has 0 aliphatic carbocycles. The molecular weight excluding hydrogens is 333 g/mol. The molecule has 0 bridgehead atoms. The summed E-state index contributed by atoms with van der Waals surface area (Å²) in [6, 6.07) is 12.0. The Morgan fingerprint density at radius 1 is 1.19 bits per heavy atom. The molecule has 4 heteroatoms. The zero-order valence-corrected chi connectivity index (χ0v) is 13.7. The van der Waals surface area contributed by atoms with Crippen molar-refractivity contribution in [3.63, 3.8) is 0 Å². The van der Waals surface area contributed by atoms with E-state index in [0.29, 0.717) is 0 Å². The van der Waals surface area contributed by atoms with Crippen LogP contribution < -0.4 is 5.32 Å². The first kappa shape index (κ1) is 16.0. The summed E-state index contributed by atoms with van der Waals surface area (Å²) in [7, 11) is 0. The maximum atomic E-state index is 13.0. The Bertz CT molecular complexity index is 600. The lowest BCUT2D eigenvalue weighted by Gasteiger charge is -2.24. The summed E-state index contributed by atoms with van der Waals surface area (Å²) in [6.45, 7) is 4.10. The first-order valence-electron chi connectivity index (χ1n) is 7.01. The van der Waals surface area contributed by atoms with Crippen LogP contribution in [0.4, 0.5) is 4.39 Å². The molecule has 0 amide bonds. The number of aromatic hydroxyl groups is 1. The zero-order chi connectivity index (χ0) is 15.4. The Kier molecular flexibility index (Phi) is 5.37. The van der Waals surface area contributed by atoms with Crippen LogP contribution in [0.1, 0.15) is 43.5 Å². The summed E-state index contributed by atoms with van der Waals surface area (Å²) in [5, 5.41) is 13.5. The van der Waals surface area contributed by atoms with Crippen LogP contribution >= 0.6 is 15.9 Å². The number of phenolic OH excluding ortho intramolecular Hbond substituents is 1. The van der Waals surface area contributed by atoms with E-state index in [0.717, 1.165) is 22.0 Å². The van der Waals surface area contributed by atoms with Gasteiger partial charge in [-0.1, -0.05) is 35.0 Å². The SMILES string of the molecule is CCC(N[C@@H](C)c1ccc(F)cc1)c1cc(Br)ccc1O. The van der Waals surface area contributed by atoms with Gasteiger partial charge < -0.3 is 10.4 Å². The molecule has 0 saturated carbocycles. The van der Waals surface area contributed by atoms with Crippen LogP contribution in [-0.4, -0.2) is 5.11 Å². The fourth-order valence-electron chi connectivity index (χ4n) is 2.38. The summed E-state index contributed by atoms with van der Waals surface area (Å²) in [4.78, 5) is 0. The normalized spacial score (nSPS) is 13.9. The van der Waals surface area contributed by atoms with Crippen LogP contribution in [0.25, 0.3) is 0 Å². The quantitative estimate of drug-likeness (QED) is 0.785. The van der Waals surface area contributed by atoms with Gasteiger partial charge in [0.2, 0.25) is 0 Å². The Morgan fingerprint density at radius 3 is 2.48 bits per heavy atom. The number of benzene rings is 2. The first-order chi connectivity index (χ1) is 10.0. The molecule has 0 fully saturated rings. The van der Waals surface area contributed by atoms with Crippen molar-refractivity contribution in [1.29, 1.82) is 0 Å². The summed E-state index contributed by atoms with van der Waals surface area (Å²) in [5.41, 5.74) is 1.88. The highest BCUT2D eigenvalue weighted by Gasteiger charge is 2.17. The van der Waals surface area contributed by atoms with Crippen LogP contribution in [0.2, 0.25) is 0 Å². The van der Waals surface area contributed by atoms with E-state index in [1.165, 1.54) is 12.1 Å². The number of halogens is 2. The summed E-state index contributed by atoms with van der Waals surface area (Å²) in [5.74, 6) is 0.0477. The monoisotopic (exact) mass is 351 g/mol. The Balaban J connectivity index is 2.18. The van der Waals surface area contributed by atoms with Crippen molar-refractivity contribution in [2.75, 3.05) is 0 Å². The fourth-order valence-corrected chi connectivity index (χ4v) is 2.76. The van der Waals surface area contributed by atoms with Crippen LogP contribution in [0.3, 0.4) is 0 Å². The third-order valence-corrected chi connectivity index (χ3v) is 4.09. The molecule has 2 nitrogen and oxygen atoms in total. The molecule has 0 aromatic heterocycles. The zero-order valence-electron chi connectivity index (χ0n) is 12.1. The smallest absolute Gasteiger partial charge is 0.123 e. The lowest BCUT2D eigenvalue weighted by atomic mass is 10.0. The minimum Gasteiger partial charge on any atom is -0.508 e. The maximum absolute atomic E-state index is 13.0. The van der Waals surface area contributed by atoms with Crippen molar-refractivity contribution in [3.8, 4) is 5.75 Å². The molecule has 0 radical (unpaired) electrons. The highest BCUT2D eigenvalue weighted by molar-refractivity contribution is 9.10. The van der Waals surface area contributed by atoms with E-state index in [4.69, 9.17) is 0 Å². The van der Waals surface area contributed by atoms with Gasteiger partial charge in [0.15, 0.2) is 0 Å². The van der Waals surface area contributed by atoms with E-state index in [-0.39, 0.29) is 23.7 Å². The highest BCUT2D eigenvalue weighted by Crippen LogP contribution is 2.31. The molecule has 0 spiro atoms. The first-order valence-corrected chi connectivity index (χ1v) is 7.80. The number of nitrogens with one attached hydrogen (secondary N) is 1. The van der Waals surface area contributed by atoms with E-state index in [2.05, 4.69) is 28.2 Å². The second-order valence-electron chi connectivity index (χ2n) is 5.10. The van der Waals surface area contributed by atoms with Crippen molar-refractivity contribution in [2.45, 2.75) is 32.4 Å². The molecule has 21 heavy (non-hydrogen) atoms. The number of hydrogen-bond acceptors (Lipinski definition) is 2. The van der Waals surface area contributed by atoms with Gasteiger partial charge in [0.05, 0.1) is 0 Å². The minimum absolute atomic E-state index is 0.0301. The third-order valence-electron chi connectivity index (χ3n) is 3.59. The number of phenols is 1. The van der Waals surface area contributed by atoms with E-state index in [9.17, 15) is 9.50 Å². The van der Waals surface area contributed by atoms with Gasteiger partial charge in [-0.3, -0.25) is 0 Å². The topological polar surface area (TPSA) is 32.3 Å². The Labute approximate surface area is 133 Å². The molecule has 112 valence electrons. The minimum atomic E-state index is -0.234. The Hall–Kier alpha value is -1.39. The largest absolute Gasteiger partial charge is 0.508 e. The molecule has 2 N–H and O–H groups in total. The second-order valence-corrected chi connectivity index (χ2v) is 6.02. The van der Waals surface area contributed by atoms with Crippen LogP contribution in [-0.2, 0) is 0 Å². The molecular formula is C17H19BrFNO. The second kappa shape index (κ2) is 7.05. The van der Waals surface area contributed by atoms with Crippen molar-refractivity contribution < 1.29 is 9.50 Å². The lowest BCUT2D eigenvalue weighted by Crippen LogP contribution is -2.24. The van der Waals surface area contributed by atoms with E-state index < -0.39 is 0 Å². The van der Waals surface area contributed by atoms with Gasteiger partial charge in [-0.2, -0.15) is 0 Å². The van der Waals surface area contributed by atoms with Crippen LogP contribution in [0.5, 0.6) is 5.75 Å². The number of hydrogen-bond donors (Lipinski definition) is 2. The van der Waals surface area contributed by atoms with Crippen LogP contribution in [0, 0.1) is 5.82 Å². The molecule has 1 unspecified atom stereocenters. The molecule has 0 heterocycles. The lowest BCUT2D eigenvalue weighted by molar-refractivity contribution is 0.419. The van der Waals surface area contributed by atoms with Gasteiger partial charge in [0, 0.05) is 22.1 Å². The molecule has 2 atom stereocenters. The van der Waals surface area contributed by atoms with Gasteiger partial charge in [0.25, 0.3) is 0 Å². The predicted octanol–water partition coefficient (Wildman–Crippen LogP) is 5.10. The third kappa shape index (κ3) is 4.05. The molecule has 0 aliphatic heterocycles.